The minimum absolute atomic E-state index is 0.880. The van der Waals surface area contributed by atoms with Crippen molar-refractivity contribution in [2.45, 2.75) is 12.7 Å². The van der Waals surface area contributed by atoms with Crippen LogP contribution in [0.5, 0.6) is 0 Å². The predicted molar refractivity (Wildman–Crippen MR) is 81.3 cm³/mol. The molecule has 0 N–H and O–H groups in total. The first kappa shape index (κ1) is 18.7. The van der Waals surface area contributed by atoms with Gasteiger partial charge in [-0.3, -0.25) is 4.48 Å². The Kier molecular flexibility index (Phi) is 6.33. The molecule has 2 aromatic rings. The molecule has 0 spiro atoms. The quantitative estimate of drug-likeness (QED) is 0.814. The molecule has 0 saturated carbocycles. The molecule has 0 amide bonds. The maximum Gasteiger partial charge on any atom is 0.430 e. The molecule has 0 unspecified atom stereocenters. The Morgan fingerprint density at radius 1 is 0.957 bits per heavy atom. The lowest BCUT2D eigenvalue weighted by molar-refractivity contribution is -0.344. The van der Waals surface area contributed by atoms with Gasteiger partial charge in [-0.25, -0.2) is 0 Å². The molecule has 2 rings (SSSR count). The van der Waals surface area contributed by atoms with Gasteiger partial charge in [0.2, 0.25) is 0 Å². The normalized spacial score (nSPS) is 11.3. The second-order valence-electron chi connectivity index (χ2n) is 5.45. The second-order valence-corrected chi connectivity index (χ2v) is 5.45. The Labute approximate surface area is 133 Å². The fourth-order valence-corrected chi connectivity index (χ4v) is 1.96. The smallest absolute Gasteiger partial charge is 0.430 e. The van der Waals surface area contributed by atoms with Gasteiger partial charge in [0.05, 0.1) is 14.1 Å². The lowest BCUT2D eigenvalue weighted by atomic mass is 10.2. The molecular weight excluding hydrogens is 307 g/mol. The second kappa shape index (κ2) is 7.78. The van der Waals surface area contributed by atoms with E-state index in [0.29, 0.717) is 0 Å². The molecule has 124 valence electrons. The summed E-state index contributed by atoms with van der Waals surface area (Å²) in [6, 6.07) is 21.2. The molecule has 0 heterocycles. The van der Waals surface area contributed by atoms with E-state index in [1.165, 1.54) is 11.3 Å². The number of alkyl halides is 3. The van der Waals surface area contributed by atoms with Gasteiger partial charge < -0.3 is 9.90 Å². The van der Waals surface area contributed by atoms with Crippen LogP contribution in [0, 0.1) is 0 Å². The van der Waals surface area contributed by atoms with E-state index in [1.54, 1.807) is 0 Å². The topological polar surface area (TPSA) is 40.1 Å². The summed E-state index contributed by atoms with van der Waals surface area (Å²) in [7, 11) is 4.48. The van der Waals surface area contributed by atoms with Crippen molar-refractivity contribution in [3.05, 3.63) is 66.2 Å². The fourth-order valence-electron chi connectivity index (χ4n) is 1.96. The number of para-hydroxylation sites is 1. The number of halogens is 3. The van der Waals surface area contributed by atoms with Gasteiger partial charge in [-0.1, -0.05) is 48.5 Å². The van der Waals surface area contributed by atoms with Crippen LogP contribution >= 0.6 is 0 Å². The SMILES string of the molecule is C[N+](C)(Cc1ccccc1)c1ccccc1.O=C([O-])C(F)(F)F. The molecule has 0 aliphatic heterocycles. The molecule has 6 heteroatoms. The number of carbonyl (C=O) groups excluding carboxylic acids is 1. The van der Waals surface area contributed by atoms with Crippen LogP contribution in [-0.4, -0.2) is 26.2 Å². The van der Waals surface area contributed by atoms with Crippen molar-refractivity contribution in [3.8, 4) is 0 Å². The lowest BCUT2D eigenvalue weighted by Gasteiger charge is -2.29. The number of hydrogen-bond donors (Lipinski definition) is 0. The monoisotopic (exact) mass is 325 g/mol. The number of carboxylic acid groups (broad SMARTS) is 1. The molecule has 0 aliphatic carbocycles. The zero-order valence-corrected chi connectivity index (χ0v) is 12.9. The Balaban J connectivity index is 0.000000322. The number of carbonyl (C=O) groups is 1. The Bertz CT molecular complexity index is 611. The van der Waals surface area contributed by atoms with Crippen molar-refractivity contribution >= 4 is 11.7 Å². The van der Waals surface area contributed by atoms with E-state index in [4.69, 9.17) is 9.90 Å². The molecule has 0 fully saturated rings. The van der Waals surface area contributed by atoms with Crippen LogP contribution in [0.1, 0.15) is 5.56 Å². The molecular formula is C17H18F3NO2. The average molecular weight is 325 g/mol. The summed E-state index contributed by atoms with van der Waals surface area (Å²) in [5.41, 5.74) is 2.71. The fraction of sp³-hybridized carbons (Fsp3) is 0.235. The number of quaternary nitrogens is 1. The number of nitrogens with zero attached hydrogens (tertiary/aromatic N) is 1. The van der Waals surface area contributed by atoms with E-state index in [1.807, 2.05) is 0 Å². The lowest BCUT2D eigenvalue weighted by Crippen LogP contribution is -2.39. The molecule has 23 heavy (non-hydrogen) atoms. The summed E-state index contributed by atoms with van der Waals surface area (Å²) in [5.74, 6) is -3.01. The third-order valence-electron chi connectivity index (χ3n) is 3.11. The molecule has 0 atom stereocenters. The third kappa shape index (κ3) is 6.52. The summed E-state index contributed by atoms with van der Waals surface area (Å²) in [5, 5.41) is 8.78. The van der Waals surface area contributed by atoms with Crippen LogP contribution in [0.2, 0.25) is 0 Å². The molecule has 0 aromatic heterocycles. The van der Waals surface area contributed by atoms with Crippen molar-refractivity contribution in [2.24, 2.45) is 0 Å². The van der Waals surface area contributed by atoms with Crippen LogP contribution in [0.3, 0.4) is 0 Å². The van der Waals surface area contributed by atoms with Gasteiger partial charge in [-0.2, -0.15) is 13.2 Å². The van der Waals surface area contributed by atoms with Gasteiger partial charge in [0.25, 0.3) is 0 Å². The van der Waals surface area contributed by atoms with E-state index < -0.39 is 12.1 Å². The molecule has 2 aromatic carbocycles. The number of hydrogen-bond acceptors (Lipinski definition) is 2. The maximum atomic E-state index is 10.5. The van der Waals surface area contributed by atoms with Gasteiger partial charge in [-0.05, 0) is 12.1 Å². The highest BCUT2D eigenvalue weighted by molar-refractivity contribution is 5.70. The minimum atomic E-state index is -5.19. The van der Waals surface area contributed by atoms with Gasteiger partial charge in [0.15, 0.2) is 0 Å². The average Bonchev–Trinajstić information content (AvgIpc) is 2.48. The maximum absolute atomic E-state index is 10.5. The van der Waals surface area contributed by atoms with Crippen molar-refractivity contribution in [1.29, 1.82) is 0 Å². The highest BCUT2D eigenvalue weighted by Gasteiger charge is 2.28. The summed E-state index contributed by atoms with van der Waals surface area (Å²) < 4.78 is 32.4. The zero-order valence-electron chi connectivity index (χ0n) is 12.9. The number of carboxylic acids is 1. The van der Waals surface area contributed by atoms with E-state index >= 15 is 0 Å². The summed E-state index contributed by atoms with van der Waals surface area (Å²) in [4.78, 5) is 8.78. The Morgan fingerprint density at radius 2 is 1.35 bits per heavy atom. The minimum Gasteiger partial charge on any atom is -0.542 e. The highest BCUT2D eigenvalue weighted by atomic mass is 19.4. The van der Waals surface area contributed by atoms with E-state index in [0.717, 1.165) is 11.0 Å². The number of benzene rings is 2. The van der Waals surface area contributed by atoms with E-state index in [2.05, 4.69) is 74.8 Å². The van der Waals surface area contributed by atoms with Crippen molar-refractivity contribution in [1.82, 2.24) is 4.48 Å². The Morgan fingerprint density at radius 3 is 1.74 bits per heavy atom. The molecule has 0 radical (unpaired) electrons. The summed E-state index contributed by atoms with van der Waals surface area (Å²) in [6.45, 7) is 1.02. The molecule has 3 nitrogen and oxygen atoms in total. The first-order valence-corrected chi connectivity index (χ1v) is 6.83. The third-order valence-corrected chi connectivity index (χ3v) is 3.11. The van der Waals surface area contributed by atoms with Gasteiger partial charge >= 0.3 is 6.18 Å². The van der Waals surface area contributed by atoms with Crippen LogP contribution in [0.15, 0.2) is 60.7 Å². The van der Waals surface area contributed by atoms with Gasteiger partial charge in [0, 0.05) is 5.56 Å². The van der Waals surface area contributed by atoms with Crippen LogP contribution in [0.25, 0.3) is 0 Å². The highest BCUT2D eigenvalue weighted by Crippen LogP contribution is 2.21. The molecule has 0 aliphatic rings. The number of rotatable bonds is 3. The van der Waals surface area contributed by atoms with Gasteiger partial charge in [-0.15, -0.1) is 0 Å². The first-order valence-electron chi connectivity index (χ1n) is 6.83. The van der Waals surface area contributed by atoms with Crippen LogP contribution < -0.4 is 9.59 Å². The van der Waals surface area contributed by atoms with Crippen molar-refractivity contribution in [2.75, 3.05) is 14.1 Å². The Hall–Kier alpha value is -2.34. The van der Waals surface area contributed by atoms with Crippen LogP contribution in [-0.2, 0) is 11.3 Å². The molecule has 0 saturated heterocycles. The summed E-state index contributed by atoms with van der Waals surface area (Å²) >= 11 is 0. The number of aliphatic carboxylic acids is 1. The van der Waals surface area contributed by atoms with Gasteiger partial charge in [0.1, 0.15) is 18.2 Å². The largest absolute Gasteiger partial charge is 0.542 e. The molecule has 0 bridgehead atoms. The predicted octanol–water partition coefficient (Wildman–Crippen LogP) is 2.75. The van der Waals surface area contributed by atoms with E-state index in [9.17, 15) is 13.2 Å². The van der Waals surface area contributed by atoms with Crippen molar-refractivity contribution in [3.63, 3.8) is 0 Å². The van der Waals surface area contributed by atoms with E-state index in [-0.39, 0.29) is 0 Å². The first-order chi connectivity index (χ1) is 10.6. The van der Waals surface area contributed by atoms with Crippen LogP contribution in [0.4, 0.5) is 18.9 Å². The van der Waals surface area contributed by atoms with Crippen molar-refractivity contribution < 1.29 is 23.1 Å². The summed E-state index contributed by atoms with van der Waals surface area (Å²) in [6.07, 6.45) is -5.19. The zero-order chi connectivity index (χ0) is 17.5. The standard InChI is InChI=1S/C15H18N.C2HF3O2/c1-16(2,15-11-7-4-8-12-15)13-14-9-5-3-6-10-14;3-2(4,5)1(6)7/h3-12H,13H2,1-2H3;(H,6,7)/q+1;/p-1.